The molecule has 30 atom stereocenters. The van der Waals surface area contributed by atoms with Gasteiger partial charge in [-0.1, -0.05) is 53.2 Å². The summed E-state index contributed by atoms with van der Waals surface area (Å²) in [6.07, 6.45) is -29.0. The van der Waals surface area contributed by atoms with Crippen LogP contribution in [0.25, 0.3) is 0 Å². The number of ether oxygens (including phenoxy) is 8. The maximum atomic E-state index is 15.1. The van der Waals surface area contributed by atoms with E-state index in [0.717, 1.165) is 5.57 Å². The zero-order chi connectivity index (χ0) is 57.9. The molecule has 0 unspecified atom stereocenters. The van der Waals surface area contributed by atoms with Crippen LogP contribution in [0.5, 0.6) is 0 Å². The molecule has 0 aromatic heterocycles. The van der Waals surface area contributed by atoms with Crippen molar-refractivity contribution in [2.45, 2.75) is 234 Å². The smallest absolute Gasteiger partial charge is 0.315 e. The van der Waals surface area contributed by atoms with E-state index in [1.807, 2.05) is 6.92 Å². The number of fused-ring (bicyclic) bond motifs is 7. The van der Waals surface area contributed by atoms with E-state index in [1.165, 1.54) is 0 Å². The molecule has 0 spiro atoms. The summed E-state index contributed by atoms with van der Waals surface area (Å²) in [6, 6.07) is 0. The van der Waals surface area contributed by atoms with Crippen molar-refractivity contribution < 1.29 is 124 Å². The van der Waals surface area contributed by atoms with Gasteiger partial charge in [0.25, 0.3) is 0 Å². The number of aliphatic hydroxyl groups excluding tert-OH is 16. The van der Waals surface area contributed by atoms with Crippen LogP contribution in [0.3, 0.4) is 0 Å². The van der Waals surface area contributed by atoms with Gasteiger partial charge in [0.1, 0.15) is 97.7 Å². The molecule has 0 bridgehead atoms. The largest absolute Gasteiger partial charge is 0.432 e. The van der Waals surface area contributed by atoms with Crippen LogP contribution in [0.15, 0.2) is 11.6 Å². The highest BCUT2D eigenvalue weighted by atomic mass is 16.8. The van der Waals surface area contributed by atoms with Crippen molar-refractivity contribution in [3.05, 3.63) is 11.6 Å². The first-order valence-corrected chi connectivity index (χ1v) is 28.1. The quantitative estimate of drug-likeness (QED) is 0.0474. The van der Waals surface area contributed by atoms with Crippen molar-refractivity contribution in [2.75, 3.05) is 33.0 Å². The Kier molecular flexibility index (Phi) is 17.7. The second kappa shape index (κ2) is 22.6. The fourth-order valence-corrected chi connectivity index (χ4v) is 16.6. The number of hydrogen-bond acceptors (Lipinski definition) is 25. The third kappa shape index (κ3) is 10.1. The lowest BCUT2D eigenvalue weighted by molar-refractivity contribution is -0.374. The lowest BCUT2D eigenvalue weighted by atomic mass is 9.33. The first-order chi connectivity index (χ1) is 37.0. The molecule has 0 aromatic rings. The highest BCUT2D eigenvalue weighted by Gasteiger charge is 2.72. The lowest BCUT2D eigenvalue weighted by Gasteiger charge is -2.72. The first-order valence-electron chi connectivity index (χ1n) is 28.1. The van der Waals surface area contributed by atoms with Gasteiger partial charge in [-0.05, 0) is 97.2 Å². The van der Waals surface area contributed by atoms with Gasteiger partial charge in [-0.15, -0.1) is 0 Å². The molecule has 9 aliphatic rings. The zero-order valence-electron chi connectivity index (χ0n) is 45.7. The summed E-state index contributed by atoms with van der Waals surface area (Å²) in [7, 11) is 0. The van der Waals surface area contributed by atoms with Crippen molar-refractivity contribution in [1.29, 1.82) is 0 Å². The van der Waals surface area contributed by atoms with Crippen LogP contribution < -0.4 is 0 Å². The average molecular weight is 1140 g/mol. The zero-order valence-corrected chi connectivity index (χ0v) is 45.7. The Morgan fingerprint density at radius 2 is 1.08 bits per heavy atom. The first kappa shape index (κ1) is 61.8. The van der Waals surface area contributed by atoms with E-state index < -0.39 is 201 Å². The molecule has 8 fully saturated rings. The van der Waals surface area contributed by atoms with Crippen molar-refractivity contribution >= 4 is 5.97 Å². The maximum absolute atomic E-state index is 15.1. The molecule has 4 saturated heterocycles. The molecular weight excluding hydrogens is 1050 g/mol. The number of rotatable bonds is 13. The van der Waals surface area contributed by atoms with Crippen LogP contribution >= 0.6 is 0 Å². The van der Waals surface area contributed by atoms with Crippen molar-refractivity contribution in [2.24, 2.45) is 50.2 Å². The highest BCUT2D eigenvalue weighted by molar-refractivity contribution is 5.79. The van der Waals surface area contributed by atoms with Gasteiger partial charge in [0.2, 0.25) is 6.29 Å². The van der Waals surface area contributed by atoms with Crippen LogP contribution in [-0.2, 0) is 42.7 Å². The Hall–Kier alpha value is -1.71. The molecular formula is C54H88O25. The van der Waals surface area contributed by atoms with Gasteiger partial charge >= 0.3 is 5.97 Å². The van der Waals surface area contributed by atoms with Gasteiger partial charge in [0.15, 0.2) is 18.9 Å². The number of hydrogen-bond donors (Lipinski definition) is 16. The summed E-state index contributed by atoms with van der Waals surface area (Å²) in [5, 5.41) is 172. The minimum absolute atomic E-state index is 0.0664. The van der Waals surface area contributed by atoms with E-state index >= 15 is 4.79 Å². The predicted molar refractivity (Wildman–Crippen MR) is 266 cm³/mol. The number of aliphatic hydroxyl groups is 16. The minimum atomic E-state index is -1.87. The molecule has 4 aliphatic heterocycles. The van der Waals surface area contributed by atoms with E-state index in [2.05, 4.69) is 40.7 Å². The SMILES string of the molecule is CC1(C)CC[C@]2(C(=O)O[C@@H]3O[C@H](CO[C@@H]4O[C@H](CO)[C@@H](O)[C@H](O)[C@H]4O)[C@@H](O)[C@H](O)[C@H]3O)CC[C@]3(C)C(=CC[C@@H]4[C@@]5(C)C[C@H](O)[C@H](O[C@@H]6O[C@H](CO)[C@@H](O[C@@H]7O[C@H](CO)[C@@H](O)[C@H](O)[C@H]7O)[C@H](O)[C@H]6O)[C@@](C)(CO)[C@@H]5CC[C@]43C)[C@@H]2C1. The molecule has 16 N–H and O–H groups in total. The molecule has 25 nitrogen and oxygen atoms in total. The fourth-order valence-electron chi connectivity index (χ4n) is 16.6. The molecule has 79 heavy (non-hydrogen) atoms. The molecule has 25 heteroatoms. The molecule has 4 saturated carbocycles. The van der Waals surface area contributed by atoms with Crippen LogP contribution in [0.1, 0.15) is 99.3 Å². The number of allylic oxidation sites excluding steroid dienone is 2. The normalized spacial score (nSPS) is 54.6. The Labute approximate surface area is 458 Å². The van der Waals surface area contributed by atoms with Gasteiger partial charge in [0.05, 0.1) is 50.7 Å². The number of carbonyl (C=O) groups is 1. The average Bonchev–Trinajstić information content (AvgIpc) is 3.42. The topological polar surface area (TPSA) is 415 Å². The molecule has 0 radical (unpaired) electrons. The summed E-state index contributed by atoms with van der Waals surface area (Å²) < 4.78 is 46.7. The standard InChI is InChI=1S/C54H88O25/c1-49(2)11-13-54(48(71)79-47-40(69)36(65)33(62)28(76-47)20-72-44-38(67)34(63)31(60)25(17-55)73-44)14-12-52(5)22(23(54)15-49)7-8-30-50(3)16-24(59)43(51(4,21-58)29(50)9-10-53(30,52)6)78-46-41(70)37(66)42(27(19-57)75-46)77-45-39(68)35(64)32(61)26(18-56)74-45/h7,23-47,55-70H,8-21H2,1-6H3/t23-,24-,25+,26+,27+,28+,29+,30+,31+,32+,33+,34-,35-,36-,37+,38+,39+,40+,41+,42+,43-,44+,45-,46-,47-,50-,51-,52+,53+,54-/m0/s1. The summed E-state index contributed by atoms with van der Waals surface area (Å²) in [4.78, 5) is 15.1. The second-order valence-electron chi connectivity index (χ2n) is 26.3. The van der Waals surface area contributed by atoms with Crippen LogP contribution in [0.2, 0.25) is 0 Å². The highest BCUT2D eigenvalue weighted by Crippen LogP contribution is 2.76. The van der Waals surface area contributed by atoms with Crippen molar-refractivity contribution in [3.63, 3.8) is 0 Å². The van der Waals surface area contributed by atoms with Crippen molar-refractivity contribution in [1.82, 2.24) is 0 Å². The second-order valence-corrected chi connectivity index (χ2v) is 26.3. The summed E-state index contributed by atoms with van der Waals surface area (Å²) in [6.45, 7) is 9.52. The predicted octanol–water partition coefficient (Wildman–Crippen LogP) is -4.09. The van der Waals surface area contributed by atoms with Gasteiger partial charge in [0, 0.05) is 5.41 Å². The molecule has 0 aromatic carbocycles. The van der Waals surface area contributed by atoms with Crippen LogP contribution in [-0.4, -0.2) is 256 Å². The minimum Gasteiger partial charge on any atom is -0.432 e. The Morgan fingerprint density at radius 3 is 1.68 bits per heavy atom. The monoisotopic (exact) mass is 1140 g/mol. The number of esters is 1. The third-order valence-electron chi connectivity index (χ3n) is 21.5. The van der Waals surface area contributed by atoms with Crippen molar-refractivity contribution in [3.8, 4) is 0 Å². The molecule has 9 rings (SSSR count). The van der Waals surface area contributed by atoms with Gasteiger partial charge < -0.3 is 120 Å². The van der Waals surface area contributed by atoms with Gasteiger partial charge in [-0.25, -0.2) is 0 Å². The number of carbonyl (C=O) groups excluding carboxylic acids is 1. The van der Waals surface area contributed by atoms with E-state index in [1.54, 1.807) is 0 Å². The maximum Gasteiger partial charge on any atom is 0.315 e. The molecule has 4 heterocycles. The van der Waals surface area contributed by atoms with Crippen LogP contribution in [0.4, 0.5) is 0 Å². The molecule has 454 valence electrons. The van der Waals surface area contributed by atoms with E-state index in [4.69, 9.17) is 37.9 Å². The summed E-state index contributed by atoms with van der Waals surface area (Å²) >= 11 is 0. The third-order valence-corrected chi connectivity index (χ3v) is 21.5. The Morgan fingerprint density at radius 1 is 0.557 bits per heavy atom. The Bertz CT molecular complexity index is 2170. The fraction of sp³-hybridized carbons (Fsp3) is 0.944. The van der Waals surface area contributed by atoms with Crippen LogP contribution in [0, 0.1) is 50.2 Å². The van der Waals surface area contributed by atoms with Gasteiger partial charge in [-0.3, -0.25) is 4.79 Å². The Balaban J connectivity index is 0.923. The van der Waals surface area contributed by atoms with E-state index in [9.17, 15) is 81.7 Å². The molecule has 5 aliphatic carbocycles. The lowest BCUT2D eigenvalue weighted by Crippen LogP contribution is -2.70. The van der Waals surface area contributed by atoms with E-state index in [0.29, 0.717) is 51.4 Å². The van der Waals surface area contributed by atoms with Gasteiger partial charge in [-0.2, -0.15) is 0 Å². The summed E-state index contributed by atoms with van der Waals surface area (Å²) in [5.74, 6) is -1.30. The van der Waals surface area contributed by atoms with E-state index in [-0.39, 0.29) is 29.6 Å². The molecule has 0 amide bonds. The summed E-state index contributed by atoms with van der Waals surface area (Å²) in [5.41, 5.74) is -2.86.